The quantitative estimate of drug-likeness (QED) is 0.654. The maximum atomic E-state index is 6.08. The molecule has 0 heterocycles. The molecule has 3 unspecified atom stereocenters. The van der Waals surface area contributed by atoms with Crippen molar-refractivity contribution in [3.8, 4) is 5.75 Å². The second-order valence-corrected chi connectivity index (χ2v) is 5.98. The molecule has 1 fully saturated rings. The number of nitrogens with one attached hydrogen (secondary N) is 1. The Hall–Kier alpha value is -0.770. The molecule has 0 aromatic heterocycles. The van der Waals surface area contributed by atoms with E-state index in [9.17, 15) is 0 Å². The minimum absolute atomic E-state index is 0.175. The predicted molar refractivity (Wildman–Crippen MR) is 79.2 cm³/mol. The number of hydrogen-bond donors (Lipinski definition) is 2. The first-order valence-corrected chi connectivity index (χ1v) is 7.33. The van der Waals surface area contributed by atoms with Crippen LogP contribution in [0.2, 0.25) is 5.02 Å². The Labute approximate surface area is 120 Å². The number of rotatable bonds is 4. The van der Waals surface area contributed by atoms with Gasteiger partial charge in [0.05, 0.1) is 12.1 Å². The molecule has 3 N–H and O–H groups in total. The molecule has 19 heavy (non-hydrogen) atoms. The highest BCUT2D eigenvalue weighted by Gasteiger charge is 2.27. The Balaban J connectivity index is 2.21. The lowest BCUT2D eigenvalue weighted by Crippen LogP contribution is -2.35. The standard InChI is InChI=1S/C15H23ClN2O/c1-10-4-3-5-11(8-10)15(18-17)12-6-7-13(16)14(9-12)19-2/h6-7,9-11,15,18H,3-5,8,17H2,1-2H3. The Morgan fingerprint density at radius 3 is 2.84 bits per heavy atom. The molecule has 2 rings (SSSR count). The van der Waals surface area contributed by atoms with E-state index < -0.39 is 0 Å². The molecule has 1 aromatic carbocycles. The molecule has 0 bridgehead atoms. The Kier molecular flexibility index (Phi) is 5.08. The van der Waals surface area contributed by atoms with Gasteiger partial charge < -0.3 is 4.74 Å². The minimum atomic E-state index is 0.175. The van der Waals surface area contributed by atoms with Crippen LogP contribution in [0.3, 0.4) is 0 Å². The summed E-state index contributed by atoms with van der Waals surface area (Å²) in [4.78, 5) is 0. The van der Waals surface area contributed by atoms with Crippen LogP contribution in [0.25, 0.3) is 0 Å². The van der Waals surface area contributed by atoms with E-state index in [1.54, 1.807) is 7.11 Å². The molecule has 0 aliphatic heterocycles. The van der Waals surface area contributed by atoms with Gasteiger partial charge in [-0.25, -0.2) is 0 Å². The zero-order chi connectivity index (χ0) is 13.8. The zero-order valence-electron chi connectivity index (χ0n) is 11.7. The van der Waals surface area contributed by atoms with Gasteiger partial charge in [-0.15, -0.1) is 0 Å². The molecule has 3 atom stereocenters. The van der Waals surface area contributed by atoms with Gasteiger partial charge in [0, 0.05) is 6.04 Å². The molecule has 0 spiro atoms. The van der Waals surface area contributed by atoms with E-state index in [0.29, 0.717) is 16.7 Å². The van der Waals surface area contributed by atoms with E-state index >= 15 is 0 Å². The SMILES string of the molecule is COc1cc(C(NN)C2CCCC(C)C2)ccc1Cl. The van der Waals surface area contributed by atoms with Gasteiger partial charge in [-0.1, -0.05) is 37.4 Å². The molecule has 1 aromatic rings. The van der Waals surface area contributed by atoms with E-state index in [2.05, 4.69) is 12.3 Å². The summed E-state index contributed by atoms with van der Waals surface area (Å²) in [6.45, 7) is 2.32. The first-order chi connectivity index (χ1) is 9.15. The third-order valence-corrected chi connectivity index (χ3v) is 4.47. The average Bonchev–Trinajstić information content (AvgIpc) is 2.41. The first kappa shape index (κ1) is 14.6. The van der Waals surface area contributed by atoms with Crippen molar-refractivity contribution in [2.75, 3.05) is 7.11 Å². The lowest BCUT2D eigenvalue weighted by molar-refractivity contribution is 0.224. The fourth-order valence-corrected chi connectivity index (χ4v) is 3.35. The zero-order valence-corrected chi connectivity index (χ0v) is 12.4. The summed E-state index contributed by atoms with van der Waals surface area (Å²) in [6.07, 6.45) is 5.07. The molecule has 3 nitrogen and oxygen atoms in total. The highest BCUT2D eigenvalue weighted by Crippen LogP contribution is 2.38. The van der Waals surface area contributed by atoms with Gasteiger partial charge >= 0.3 is 0 Å². The fourth-order valence-electron chi connectivity index (χ4n) is 3.16. The predicted octanol–water partition coefficient (Wildman–Crippen LogP) is 3.68. The van der Waals surface area contributed by atoms with Crippen LogP contribution in [-0.2, 0) is 0 Å². The molecule has 1 aliphatic rings. The lowest BCUT2D eigenvalue weighted by atomic mass is 9.77. The maximum Gasteiger partial charge on any atom is 0.137 e. The van der Waals surface area contributed by atoms with Crippen molar-refractivity contribution in [1.82, 2.24) is 5.43 Å². The van der Waals surface area contributed by atoms with Crippen LogP contribution in [0.4, 0.5) is 0 Å². The topological polar surface area (TPSA) is 47.3 Å². The van der Waals surface area contributed by atoms with Gasteiger partial charge in [0.1, 0.15) is 5.75 Å². The van der Waals surface area contributed by atoms with Gasteiger partial charge in [-0.2, -0.15) is 0 Å². The van der Waals surface area contributed by atoms with E-state index in [0.717, 1.165) is 11.5 Å². The molecular weight excluding hydrogens is 260 g/mol. The van der Waals surface area contributed by atoms with Crippen molar-refractivity contribution in [2.24, 2.45) is 17.7 Å². The number of benzene rings is 1. The molecule has 0 saturated heterocycles. The summed E-state index contributed by atoms with van der Waals surface area (Å²) >= 11 is 6.08. The summed E-state index contributed by atoms with van der Waals surface area (Å²) in [6, 6.07) is 6.08. The van der Waals surface area contributed by atoms with Crippen LogP contribution < -0.4 is 16.0 Å². The summed E-state index contributed by atoms with van der Waals surface area (Å²) < 4.78 is 5.29. The lowest BCUT2D eigenvalue weighted by Gasteiger charge is -2.33. The van der Waals surface area contributed by atoms with E-state index in [1.807, 2.05) is 18.2 Å². The van der Waals surface area contributed by atoms with Crippen LogP contribution in [0, 0.1) is 11.8 Å². The number of halogens is 1. The van der Waals surface area contributed by atoms with Gasteiger partial charge in [0.25, 0.3) is 0 Å². The van der Waals surface area contributed by atoms with Crippen molar-refractivity contribution >= 4 is 11.6 Å². The van der Waals surface area contributed by atoms with Gasteiger partial charge in [-0.05, 0) is 42.4 Å². The Morgan fingerprint density at radius 1 is 1.42 bits per heavy atom. The van der Waals surface area contributed by atoms with Crippen LogP contribution in [0.5, 0.6) is 5.75 Å². The number of ether oxygens (including phenoxy) is 1. The third-order valence-electron chi connectivity index (χ3n) is 4.16. The first-order valence-electron chi connectivity index (χ1n) is 6.95. The van der Waals surface area contributed by atoms with Crippen molar-refractivity contribution in [2.45, 2.75) is 38.6 Å². The normalized spacial score (nSPS) is 25.1. The minimum Gasteiger partial charge on any atom is -0.495 e. The van der Waals surface area contributed by atoms with Gasteiger partial charge in [0.15, 0.2) is 0 Å². The number of methoxy groups -OCH3 is 1. The second kappa shape index (κ2) is 6.60. The Morgan fingerprint density at radius 2 is 2.21 bits per heavy atom. The smallest absolute Gasteiger partial charge is 0.137 e. The van der Waals surface area contributed by atoms with Crippen LogP contribution in [0.15, 0.2) is 18.2 Å². The Bertz CT molecular complexity index is 425. The third kappa shape index (κ3) is 3.41. The fraction of sp³-hybridized carbons (Fsp3) is 0.600. The molecule has 106 valence electrons. The van der Waals surface area contributed by atoms with E-state index in [-0.39, 0.29) is 6.04 Å². The largest absolute Gasteiger partial charge is 0.495 e. The monoisotopic (exact) mass is 282 g/mol. The number of nitrogens with two attached hydrogens (primary N) is 1. The van der Waals surface area contributed by atoms with Gasteiger partial charge in [-0.3, -0.25) is 11.3 Å². The molecule has 1 aliphatic carbocycles. The summed E-state index contributed by atoms with van der Waals surface area (Å²) in [5, 5.41) is 0.638. The second-order valence-electron chi connectivity index (χ2n) is 5.57. The molecule has 0 amide bonds. The average molecular weight is 283 g/mol. The molecule has 1 saturated carbocycles. The van der Waals surface area contributed by atoms with E-state index in [1.165, 1.54) is 25.7 Å². The van der Waals surface area contributed by atoms with E-state index in [4.69, 9.17) is 22.2 Å². The van der Waals surface area contributed by atoms with Crippen molar-refractivity contribution in [3.63, 3.8) is 0 Å². The van der Waals surface area contributed by atoms with Crippen molar-refractivity contribution < 1.29 is 4.74 Å². The van der Waals surface area contributed by atoms with Crippen LogP contribution in [-0.4, -0.2) is 7.11 Å². The molecule has 4 heteroatoms. The maximum absolute atomic E-state index is 6.08. The summed E-state index contributed by atoms with van der Waals surface area (Å²) in [7, 11) is 1.64. The number of hydrogen-bond acceptors (Lipinski definition) is 3. The molecular formula is C15H23ClN2O. The highest BCUT2D eigenvalue weighted by molar-refractivity contribution is 6.32. The summed E-state index contributed by atoms with van der Waals surface area (Å²) in [5.74, 6) is 7.86. The van der Waals surface area contributed by atoms with Crippen molar-refractivity contribution in [1.29, 1.82) is 0 Å². The van der Waals surface area contributed by atoms with Crippen LogP contribution in [0.1, 0.15) is 44.2 Å². The molecule has 0 radical (unpaired) electrons. The van der Waals surface area contributed by atoms with Crippen molar-refractivity contribution in [3.05, 3.63) is 28.8 Å². The van der Waals surface area contributed by atoms with Gasteiger partial charge in [0.2, 0.25) is 0 Å². The summed E-state index contributed by atoms with van der Waals surface area (Å²) in [5.41, 5.74) is 4.14. The highest BCUT2D eigenvalue weighted by atomic mass is 35.5. The van der Waals surface area contributed by atoms with Crippen LogP contribution >= 0.6 is 11.6 Å². The number of hydrazine groups is 1.